The molecule has 9 nitrogen and oxygen atoms in total. The van der Waals surface area contributed by atoms with Gasteiger partial charge < -0.3 is 24.7 Å². The fraction of sp³-hybridized carbons (Fsp3) is 0.696. The number of quaternary nitrogens is 1. The Hall–Kier alpha value is -1.48. The molecule has 0 bridgehead atoms. The van der Waals surface area contributed by atoms with Gasteiger partial charge >= 0.3 is 13.8 Å². The maximum Gasteiger partial charge on any atom is 0.472 e. The van der Waals surface area contributed by atoms with Gasteiger partial charge in [0.2, 0.25) is 0 Å². The van der Waals surface area contributed by atoms with Crippen LogP contribution < -0.4 is 4.74 Å². The van der Waals surface area contributed by atoms with Gasteiger partial charge in [0.1, 0.15) is 18.4 Å². The summed E-state index contributed by atoms with van der Waals surface area (Å²) in [6.45, 7) is 3.26. The van der Waals surface area contributed by atoms with E-state index in [9.17, 15) is 14.3 Å². The van der Waals surface area contributed by atoms with E-state index in [0.717, 1.165) is 38.0 Å². The monoisotopic (exact) mass is 491 g/mol. The Morgan fingerprint density at radius 3 is 2.42 bits per heavy atom. The average Bonchev–Trinajstić information content (AvgIpc) is 2.66. The Morgan fingerprint density at radius 1 is 1.09 bits per heavy atom. The van der Waals surface area contributed by atoms with E-state index in [2.05, 4.69) is 19.1 Å². The molecule has 0 radical (unpaired) electrons. The van der Waals surface area contributed by atoms with Crippen molar-refractivity contribution in [2.45, 2.75) is 64.4 Å². The van der Waals surface area contributed by atoms with E-state index < -0.39 is 19.9 Å². The second-order valence-corrected chi connectivity index (χ2v) is 10.5. The van der Waals surface area contributed by atoms with Crippen LogP contribution in [0.25, 0.3) is 0 Å². The molecule has 2 atom stereocenters. The van der Waals surface area contributed by atoms with Gasteiger partial charge in [-0.25, -0.2) is 4.57 Å². The SMILES string of the molecule is CCCCCOc1cccc(CCCCCOP(=O)(O)OC(CC(=O)O)C[N+](C)(C)C)c1.[OH-]. The van der Waals surface area contributed by atoms with Gasteiger partial charge in [0.15, 0.2) is 0 Å². The molecule has 192 valence electrons. The smallest absolute Gasteiger partial charge is 0.472 e. The number of rotatable bonds is 18. The number of carbonyl (C=O) groups is 1. The summed E-state index contributed by atoms with van der Waals surface area (Å²) in [5.74, 6) is -0.191. The molecule has 0 amide bonds. The minimum absolute atomic E-state index is 0. The highest BCUT2D eigenvalue weighted by Gasteiger charge is 2.31. The number of ether oxygens (including phenoxy) is 1. The number of aliphatic carboxylic acids is 1. The number of unbranched alkanes of at least 4 members (excludes halogenated alkanes) is 4. The van der Waals surface area contributed by atoms with Crippen molar-refractivity contribution in [2.75, 3.05) is 40.9 Å². The molecule has 0 aromatic heterocycles. The summed E-state index contributed by atoms with van der Waals surface area (Å²) in [5.41, 5.74) is 1.20. The van der Waals surface area contributed by atoms with Gasteiger partial charge in [0.05, 0.1) is 40.8 Å². The third-order valence-corrected chi connectivity index (χ3v) is 5.79. The number of nitrogens with zero attached hydrogens (tertiary/aromatic N) is 1. The Labute approximate surface area is 198 Å². The van der Waals surface area contributed by atoms with E-state index in [1.54, 1.807) is 0 Å². The zero-order valence-corrected chi connectivity index (χ0v) is 21.3. The third-order valence-electron chi connectivity index (χ3n) is 4.72. The molecule has 1 aromatic carbocycles. The fourth-order valence-corrected chi connectivity index (χ4v) is 4.22. The second kappa shape index (κ2) is 16.2. The lowest BCUT2D eigenvalue weighted by Gasteiger charge is -2.29. The Morgan fingerprint density at radius 2 is 1.79 bits per heavy atom. The first-order valence-corrected chi connectivity index (χ1v) is 12.9. The summed E-state index contributed by atoms with van der Waals surface area (Å²) in [6, 6.07) is 8.10. The largest absolute Gasteiger partial charge is 0.870 e. The molecular weight excluding hydrogens is 449 g/mol. The first-order valence-electron chi connectivity index (χ1n) is 11.4. The second-order valence-electron chi connectivity index (χ2n) is 9.11. The van der Waals surface area contributed by atoms with Crippen LogP contribution in [-0.2, 0) is 24.8 Å². The highest BCUT2D eigenvalue weighted by Crippen LogP contribution is 2.45. The highest BCUT2D eigenvalue weighted by molar-refractivity contribution is 7.47. The quantitative estimate of drug-likeness (QED) is 0.175. The summed E-state index contributed by atoms with van der Waals surface area (Å²) in [5, 5.41) is 9.02. The van der Waals surface area contributed by atoms with Crippen LogP contribution in [0, 0.1) is 0 Å². The van der Waals surface area contributed by atoms with Gasteiger partial charge in [-0.3, -0.25) is 13.8 Å². The van der Waals surface area contributed by atoms with Crippen LogP contribution in [0.5, 0.6) is 5.75 Å². The average molecular weight is 492 g/mol. The number of hydrogen-bond donors (Lipinski definition) is 2. The van der Waals surface area contributed by atoms with Gasteiger partial charge in [0.25, 0.3) is 0 Å². The topological polar surface area (TPSA) is 132 Å². The summed E-state index contributed by atoms with van der Waals surface area (Å²) in [7, 11) is 1.26. The number of carboxylic acids is 1. The molecule has 0 saturated heterocycles. The number of likely N-dealkylation sites (N-methyl/N-ethyl adjacent to an activating group) is 1. The van der Waals surface area contributed by atoms with Crippen LogP contribution in [0.2, 0.25) is 0 Å². The predicted octanol–water partition coefficient (Wildman–Crippen LogP) is 4.47. The highest BCUT2D eigenvalue weighted by atomic mass is 31.2. The lowest BCUT2D eigenvalue weighted by molar-refractivity contribution is -0.873. The number of aryl methyl sites for hydroxylation is 1. The summed E-state index contributed by atoms with van der Waals surface area (Å²) < 4.78 is 28.6. The zero-order valence-electron chi connectivity index (χ0n) is 20.4. The number of phosphoric acid groups is 1. The molecule has 1 rings (SSSR count). The predicted molar refractivity (Wildman–Crippen MR) is 127 cm³/mol. The lowest BCUT2D eigenvalue weighted by Crippen LogP contribution is -2.42. The summed E-state index contributed by atoms with van der Waals surface area (Å²) in [6.07, 6.45) is 5.40. The van der Waals surface area contributed by atoms with Crippen molar-refractivity contribution >= 4 is 13.8 Å². The molecule has 1 aromatic rings. The number of carboxylic acid groups (broad SMARTS) is 1. The molecule has 0 fully saturated rings. The molecular formula is C23H42NO8P. The van der Waals surface area contributed by atoms with Crippen molar-refractivity contribution in [2.24, 2.45) is 0 Å². The van der Waals surface area contributed by atoms with Crippen molar-refractivity contribution in [3.05, 3.63) is 29.8 Å². The number of hydrogen-bond acceptors (Lipinski definition) is 6. The summed E-state index contributed by atoms with van der Waals surface area (Å²) in [4.78, 5) is 21.0. The maximum absolute atomic E-state index is 12.2. The fourth-order valence-electron chi connectivity index (χ4n) is 3.28. The first-order chi connectivity index (χ1) is 15.0. The van der Waals surface area contributed by atoms with E-state index in [-0.39, 0.29) is 25.0 Å². The van der Waals surface area contributed by atoms with Crippen LogP contribution in [0.15, 0.2) is 24.3 Å². The first kappa shape index (κ1) is 31.5. The van der Waals surface area contributed by atoms with Crippen molar-refractivity contribution in [3.63, 3.8) is 0 Å². The molecule has 0 heterocycles. The van der Waals surface area contributed by atoms with E-state index in [0.29, 0.717) is 10.9 Å². The van der Waals surface area contributed by atoms with Crippen LogP contribution in [-0.4, -0.2) is 72.9 Å². The molecule has 10 heteroatoms. The molecule has 33 heavy (non-hydrogen) atoms. The van der Waals surface area contributed by atoms with Gasteiger partial charge in [-0.05, 0) is 43.4 Å². The number of phosphoric ester groups is 1. The minimum Gasteiger partial charge on any atom is -0.870 e. The minimum atomic E-state index is -4.31. The van der Waals surface area contributed by atoms with Crippen LogP contribution in [0.3, 0.4) is 0 Å². The van der Waals surface area contributed by atoms with Crippen LogP contribution in [0.1, 0.15) is 57.4 Å². The Balaban J connectivity index is 0.0000102. The van der Waals surface area contributed by atoms with Gasteiger partial charge in [-0.1, -0.05) is 38.3 Å². The van der Waals surface area contributed by atoms with Crippen LogP contribution in [0.4, 0.5) is 0 Å². The van der Waals surface area contributed by atoms with E-state index >= 15 is 0 Å². The molecule has 0 spiro atoms. The normalized spacial score (nSPS) is 14.2. The third kappa shape index (κ3) is 16.7. The molecule has 2 unspecified atom stereocenters. The van der Waals surface area contributed by atoms with Gasteiger partial charge in [-0.2, -0.15) is 0 Å². The van der Waals surface area contributed by atoms with E-state index in [4.69, 9.17) is 18.9 Å². The molecule has 0 aliphatic heterocycles. The molecule has 0 aliphatic carbocycles. The van der Waals surface area contributed by atoms with Crippen molar-refractivity contribution in [1.29, 1.82) is 0 Å². The summed E-state index contributed by atoms with van der Waals surface area (Å²) >= 11 is 0. The van der Waals surface area contributed by atoms with Gasteiger partial charge in [-0.15, -0.1) is 0 Å². The van der Waals surface area contributed by atoms with E-state index in [1.807, 2.05) is 33.3 Å². The number of benzene rings is 1. The van der Waals surface area contributed by atoms with Crippen LogP contribution >= 0.6 is 7.82 Å². The zero-order chi connectivity index (χ0) is 24.0. The lowest BCUT2D eigenvalue weighted by atomic mass is 10.1. The molecule has 3 N–H and O–H groups in total. The molecule has 0 aliphatic rings. The maximum atomic E-state index is 12.2. The van der Waals surface area contributed by atoms with Crippen molar-refractivity contribution < 1.29 is 43.1 Å². The van der Waals surface area contributed by atoms with E-state index in [1.165, 1.54) is 18.4 Å². The standard InChI is InChI=1S/C23H40NO7P.H2O/c1-5-6-9-15-29-21-14-11-13-20(17-21)12-8-7-10-16-30-32(27,28)31-22(18-23(25)26)19-24(2,3)4;/h11,13-14,17,22H,5-10,12,15-16,18-19H2,1-4H3,(H-,25,26,27,28);1H2. The van der Waals surface area contributed by atoms with Crippen molar-refractivity contribution in [1.82, 2.24) is 0 Å². The Bertz CT molecular complexity index is 723. The van der Waals surface area contributed by atoms with Crippen molar-refractivity contribution in [3.8, 4) is 5.75 Å². The Kier molecular flexibility index (Phi) is 15.5. The van der Waals surface area contributed by atoms with Gasteiger partial charge in [0, 0.05) is 0 Å². The molecule has 0 saturated carbocycles.